The third-order valence-electron chi connectivity index (χ3n) is 6.83. The Kier molecular flexibility index (Phi) is 10.8. The van der Waals surface area contributed by atoms with Crippen molar-refractivity contribution in [2.24, 2.45) is 0 Å². The van der Waals surface area contributed by atoms with Gasteiger partial charge in [0.2, 0.25) is 5.91 Å². The molecule has 0 aliphatic rings. The molecule has 0 saturated carbocycles. The first-order valence-corrected chi connectivity index (χ1v) is 14.8. The average molecular weight is 610 g/mol. The fraction of sp³-hybridized carbons (Fsp3) is 0.171. The molecule has 0 saturated heterocycles. The average Bonchev–Trinajstić information content (AvgIpc) is 3.03. The van der Waals surface area contributed by atoms with Crippen molar-refractivity contribution in [3.8, 4) is 11.5 Å². The summed E-state index contributed by atoms with van der Waals surface area (Å²) in [4.78, 5) is 40.1. The lowest BCUT2D eigenvalue weighted by Gasteiger charge is -2.14. The van der Waals surface area contributed by atoms with Gasteiger partial charge in [-0.25, -0.2) is 0 Å². The number of carbonyl (C=O) groups excluding carboxylic acids is 3. The highest BCUT2D eigenvalue weighted by atomic mass is 32.2. The van der Waals surface area contributed by atoms with Crippen LogP contribution in [0.1, 0.15) is 34.0 Å². The fourth-order valence-corrected chi connectivity index (χ4v) is 5.05. The van der Waals surface area contributed by atoms with Gasteiger partial charge in [0.05, 0.1) is 19.5 Å². The van der Waals surface area contributed by atoms with E-state index in [1.54, 1.807) is 67.8 Å². The standard InChI is InChI=1S/C35H35N3O5S/c1-22-11-12-28(19-23(22)2)37-33(39)24(3)44-30-16-13-27(14-17-30)36-35(41)31(38-34(40)25-9-7-6-8-10-25)21-26-20-29(42-4)15-18-32(26)43-5/h6-21,24H,1-5H3,(H,36,41)(H,37,39)(H,38,40)/b31-21-. The first-order chi connectivity index (χ1) is 21.2. The Morgan fingerprint density at radius 1 is 0.773 bits per heavy atom. The Balaban J connectivity index is 1.48. The van der Waals surface area contributed by atoms with Crippen LogP contribution in [0.2, 0.25) is 0 Å². The van der Waals surface area contributed by atoms with Gasteiger partial charge < -0.3 is 25.4 Å². The second kappa shape index (κ2) is 14.9. The fourth-order valence-electron chi connectivity index (χ4n) is 4.19. The summed E-state index contributed by atoms with van der Waals surface area (Å²) in [5, 5.41) is 8.20. The van der Waals surface area contributed by atoms with Crippen LogP contribution in [0.4, 0.5) is 11.4 Å². The van der Waals surface area contributed by atoms with Crippen LogP contribution in [-0.4, -0.2) is 37.2 Å². The molecule has 4 rings (SSSR count). The predicted octanol–water partition coefficient (Wildman–Crippen LogP) is 6.85. The Morgan fingerprint density at radius 3 is 2.14 bits per heavy atom. The number of hydrogen-bond donors (Lipinski definition) is 3. The summed E-state index contributed by atoms with van der Waals surface area (Å²) in [6, 6.07) is 26.8. The molecule has 4 aromatic rings. The number of ether oxygens (including phenoxy) is 2. The zero-order valence-corrected chi connectivity index (χ0v) is 26.1. The summed E-state index contributed by atoms with van der Waals surface area (Å²) < 4.78 is 10.8. The molecular weight excluding hydrogens is 574 g/mol. The van der Waals surface area contributed by atoms with E-state index in [0.29, 0.717) is 28.3 Å². The minimum atomic E-state index is -0.527. The van der Waals surface area contributed by atoms with E-state index in [2.05, 4.69) is 16.0 Å². The van der Waals surface area contributed by atoms with Gasteiger partial charge >= 0.3 is 0 Å². The number of methoxy groups -OCH3 is 2. The summed E-state index contributed by atoms with van der Waals surface area (Å²) in [7, 11) is 3.06. The number of carbonyl (C=O) groups is 3. The van der Waals surface area contributed by atoms with Crippen molar-refractivity contribution in [2.75, 3.05) is 24.9 Å². The molecule has 3 amide bonds. The van der Waals surface area contributed by atoms with Gasteiger partial charge in [-0.2, -0.15) is 0 Å². The SMILES string of the molecule is COc1ccc(OC)c(/C=C(\NC(=O)c2ccccc2)C(=O)Nc2ccc(SC(C)C(=O)Nc3ccc(C)c(C)c3)cc2)c1. The monoisotopic (exact) mass is 609 g/mol. The molecule has 4 aromatic carbocycles. The minimum absolute atomic E-state index is 0.0143. The highest BCUT2D eigenvalue weighted by Gasteiger charge is 2.18. The second-order valence-electron chi connectivity index (χ2n) is 10.0. The highest BCUT2D eigenvalue weighted by Crippen LogP contribution is 2.28. The molecule has 0 heterocycles. The van der Waals surface area contributed by atoms with Gasteiger partial charge in [0.1, 0.15) is 17.2 Å². The van der Waals surface area contributed by atoms with Crippen LogP contribution in [0.5, 0.6) is 11.5 Å². The van der Waals surface area contributed by atoms with E-state index in [9.17, 15) is 14.4 Å². The van der Waals surface area contributed by atoms with Gasteiger partial charge in [0.25, 0.3) is 11.8 Å². The maximum absolute atomic E-state index is 13.5. The van der Waals surface area contributed by atoms with Crippen LogP contribution in [0.15, 0.2) is 102 Å². The summed E-state index contributed by atoms with van der Waals surface area (Å²) in [6.07, 6.45) is 1.54. The summed E-state index contributed by atoms with van der Waals surface area (Å²) in [6.45, 7) is 5.88. The number of aryl methyl sites for hydroxylation is 2. The maximum Gasteiger partial charge on any atom is 0.272 e. The van der Waals surface area contributed by atoms with Crippen molar-refractivity contribution in [3.05, 3.63) is 119 Å². The highest BCUT2D eigenvalue weighted by molar-refractivity contribution is 8.00. The quantitative estimate of drug-likeness (QED) is 0.127. The molecular formula is C35H35N3O5S. The molecule has 0 aromatic heterocycles. The van der Waals surface area contributed by atoms with Gasteiger partial charge in [-0.1, -0.05) is 24.3 Å². The molecule has 0 spiro atoms. The Labute approximate surface area is 261 Å². The normalized spacial score (nSPS) is 11.7. The van der Waals surface area contributed by atoms with Gasteiger partial charge in [-0.3, -0.25) is 14.4 Å². The zero-order chi connectivity index (χ0) is 31.6. The molecule has 0 aliphatic heterocycles. The molecule has 0 bridgehead atoms. The number of hydrogen-bond acceptors (Lipinski definition) is 6. The number of nitrogens with one attached hydrogen (secondary N) is 3. The van der Waals surface area contributed by atoms with Gasteiger partial charge in [0.15, 0.2) is 0 Å². The smallest absolute Gasteiger partial charge is 0.272 e. The first kappa shape index (κ1) is 31.9. The molecule has 0 aliphatic carbocycles. The van der Waals surface area contributed by atoms with Crippen LogP contribution in [0.3, 0.4) is 0 Å². The second-order valence-corrected chi connectivity index (χ2v) is 11.4. The maximum atomic E-state index is 13.5. The lowest BCUT2D eigenvalue weighted by atomic mass is 10.1. The van der Waals surface area contributed by atoms with Gasteiger partial charge in [0, 0.05) is 27.4 Å². The lowest BCUT2D eigenvalue weighted by molar-refractivity contribution is -0.115. The Morgan fingerprint density at radius 2 is 1.48 bits per heavy atom. The largest absolute Gasteiger partial charge is 0.497 e. The van der Waals surface area contributed by atoms with Gasteiger partial charge in [-0.15, -0.1) is 11.8 Å². The van der Waals surface area contributed by atoms with E-state index in [1.165, 1.54) is 30.5 Å². The number of amides is 3. The minimum Gasteiger partial charge on any atom is -0.497 e. The van der Waals surface area contributed by atoms with Crippen LogP contribution < -0.4 is 25.4 Å². The van der Waals surface area contributed by atoms with Crippen molar-refractivity contribution in [2.45, 2.75) is 30.9 Å². The van der Waals surface area contributed by atoms with E-state index in [0.717, 1.165) is 16.1 Å². The van der Waals surface area contributed by atoms with E-state index in [1.807, 2.05) is 51.1 Å². The molecule has 3 N–H and O–H groups in total. The third kappa shape index (κ3) is 8.52. The van der Waals surface area contributed by atoms with Crippen molar-refractivity contribution >= 4 is 46.9 Å². The third-order valence-corrected chi connectivity index (χ3v) is 7.95. The molecule has 1 unspecified atom stereocenters. The molecule has 8 nitrogen and oxygen atoms in total. The van der Waals surface area contributed by atoms with Crippen molar-refractivity contribution in [3.63, 3.8) is 0 Å². The molecule has 9 heteroatoms. The lowest BCUT2D eigenvalue weighted by Crippen LogP contribution is -2.30. The Hall–Kier alpha value is -5.02. The summed E-state index contributed by atoms with van der Waals surface area (Å²) in [5.41, 5.74) is 4.52. The number of thioether (sulfide) groups is 1. The first-order valence-electron chi connectivity index (χ1n) is 13.9. The van der Waals surface area contributed by atoms with Crippen LogP contribution in [-0.2, 0) is 9.59 Å². The number of anilines is 2. The van der Waals surface area contributed by atoms with Crippen LogP contribution in [0.25, 0.3) is 6.08 Å². The van der Waals surface area contributed by atoms with E-state index < -0.39 is 11.8 Å². The van der Waals surface area contributed by atoms with E-state index in [-0.39, 0.29) is 16.9 Å². The van der Waals surface area contributed by atoms with Crippen molar-refractivity contribution in [1.29, 1.82) is 0 Å². The molecule has 1 atom stereocenters. The number of rotatable bonds is 11. The Bertz CT molecular complexity index is 1670. The molecule has 0 radical (unpaired) electrons. The van der Waals surface area contributed by atoms with Crippen molar-refractivity contribution in [1.82, 2.24) is 5.32 Å². The topological polar surface area (TPSA) is 106 Å². The summed E-state index contributed by atoms with van der Waals surface area (Å²) >= 11 is 1.41. The zero-order valence-electron chi connectivity index (χ0n) is 25.3. The van der Waals surface area contributed by atoms with Gasteiger partial charge in [-0.05, 0) is 105 Å². The van der Waals surface area contributed by atoms with Crippen LogP contribution in [0, 0.1) is 13.8 Å². The molecule has 44 heavy (non-hydrogen) atoms. The van der Waals surface area contributed by atoms with E-state index >= 15 is 0 Å². The molecule has 0 fully saturated rings. The van der Waals surface area contributed by atoms with Crippen molar-refractivity contribution < 1.29 is 23.9 Å². The summed E-state index contributed by atoms with van der Waals surface area (Å²) in [5.74, 6) is 0.000173. The number of benzene rings is 4. The predicted molar refractivity (Wildman–Crippen MR) is 176 cm³/mol. The molecule has 226 valence electrons. The van der Waals surface area contributed by atoms with Crippen LogP contribution >= 0.6 is 11.8 Å². The van der Waals surface area contributed by atoms with E-state index in [4.69, 9.17) is 9.47 Å².